The summed E-state index contributed by atoms with van der Waals surface area (Å²) in [5.41, 5.74) is 3.94. The van der Waals surface area contributed by atoms with Gasteiger partial charge >= 0.3 is 24.3 Å². The lowest BCUT2D eigenvalue weighted by Gasteiger charge is -2.25. The lowest BCUT2D eigenvalue weighted by atomic mass is 9.85. The fraction of sp³-hybridized carbons (Fsp3) is 0.375. The van der Waals surface area contributed by atoms with Crippen molar-refractivity contribution in [2.75, 3.05) is 24.5 Å². The Balaban J connectivity index is 0.000000263. The van der Waals surface area contributed by atoms with E-state index in [1.54, 1.807) is 11.3 Å². The van der Waals surface area contributed by atoms with E-state index < -0.39 is 24.3 Å². The Morgan fingerprint density at radius 2 is 1.57 bits per heavy atom. The van der Waals surface area contributed by atoms with E-state index in [-0.39, 0.29) is 5.41 Å². The molecule has 216 valence electrons. The molecule has 0 radical (unpaired) electrons. The second kappa shape index (κ2) is 12.6. The van der Waals surface area contributed by atoms with Gasteiger partial charge in [-0.05, 0) is 36.7 Å². The molecule has 2 aliphatic heterocycles. The van der Waals surface area contributed by atoms with Crippen LogP contribution in [-0.2, 0) is 28.1 Å². The Bertz CT molecular complexity index is 1250. The number of hydrogen-bond donors (Lipinski definition) is 2. The third-order valence-corrected chi connectivity index (χ3v) is 6.74. The van der Waals surface area contributed by atoms with Crippen LogP contribution in [0.25, 0.3) is 0 Å². The zero-order valence-electron chi connectivity index (χ0n) is 20.6. The number of rotatable bonds is 4. The van der Waals surface area contributed by atoms with Crippen molar-refractivity contribution in [1.82, 2.24) is 19.9 Å². The van der Waals surface area contributed by atoms with E-state index in [1.807, 2.05) is 30.9 Å². The van der Waals surface area contributed by atoms with Crippen molar-refractivity contribution >= 4 is 29.0 Å². The van der Waals surface area contributed by atoms with Gasteiger partial charge in [0, 0.05) is 55.2 Å². The highest BCUT2D eigenvalue weighted by Crippen LogP contribution is 2.45. The number of carbonyl (C=O) groups is 2. The molecule has 16 heteroatoms. The molecule has 3 aromatic heterocycles. The number of nitrogens with zero attached hydrogens (tertiary/aromatic N) is 5. The summed E-state index contributed by atoms with van der Waals surface area (Å²) in [6, 6.07) is 8.43. The summed E-state index contributed by atoms with van der Waals surface area (Å²) in [4.78, 5) is 36.3. The lowest BCUT2D eigenvalue weighted by Crippen LogP contribution is -2.36. The molecule has 0 amide bonds. The quantitative estimate of drug-likeness (QED) is 0.427. The zero-order chi connectivity index (χ0) is 29.6. The maximum absolute atomic E-state index is 10.6. The first-order valence-electron chi connectivity index (χ1n) is 11.5. The summed E-state index contributed by atoms with van der Waals surface area (Å²) in [7, 11) is 0. The monoisotopic (exact) mass is 591 g/mol. The number of hydrogen-bond acceptors (Lipinski definition) is 8. The largest absolute Gasteiger partial charge is 0.490 e. The molecule has 9 nitrogen and oxygen atoms in total. The van der Waals surface area contributed by atoms with Gasteiger partial charge in [-0.15, -0.1) is 11.3 Å². The first-order chi connectivity index (χ1) is 18.7. The lowest BCUT2D eigenvalue weighted by molar-refractivity contribution is -0.193. The number of pyridine rings is 2. The molecule has 5 rings (SSSR count). The summed E-state index contributed by atoms with van der Waals surface area (Å²) in [5, 5.41) is 17.5. The third-order valence-electron chi connectivity index (χ3n) is 5.98. The van der Waals surface area contributed by atoms with Crippen LogP contribution >= 0.6 is 11.3 Å². The average Bonchev–Trinajstić information content (AvgIpc) is 3.61. The minimum absolute atomic E-state index is 0.135. The van der Waals surface area contributed by atoms with Crippen molar-refractivity contribution in [2.45, 2.75) is 37.3 Å². The van der Waals surface area contributed by atoms with Gasteiger partial charge < -0.3 is 15.1 Å². The molecule has 3 aromatic rings. The Labute approximate surface area is 227 Å². The number of alkyl halides is 6. The van der Waals surface area contributed by atoms with Gasteiger partial charge in [-0.2, -0.15) is 26.3 Å². The van der Waals surface area contributed by atoms with E-state index in [1.165, 1.54) is 22.0 Å². The van der Waals surface area contributed by atoms with Gasteiger partial charge in [-0.1, -0.05) is 6.07 Å². The van der Waals surface area contributed by atoms with Crippen LogP contribution in [0.15, 0.2) is 54.4 Å². The molecule has 1 atom stereocenters. The summed E-state index contributed by atoms with van der Waals surface area (Å²) >= 11 is 1.74. The molecule has 1 fully saturated rings. The SMILES string of the molecule is O=C(O)C(F)(F)F.O=C(O)C(F)(F)F.c1cncc(CN2CC3(CCN(Cc4nccs4)C3)c3ncccc32)c1. The number of likely N-dealkylation sites (tertiary alicyclic amines) is 1. The molecular formula is C24H23F6N5O4S. The molecule has 1 unspecified atom stereocenters. The molecule has 1 spiro atoms. The minimum atomic E-state index is -5.08. The van der Waals surface area contributed by atoms with Crippen LogP contribution < -0.4 is 4.90 Å². The van der Waals surface area contributed by atoms with Crippen LogP contribution in [0.1, 0.15) is 22.7 Å². The Morgan fingerprint density at radius 3 is 2.12 bits per heavy atom. The van der Waals surface area contributed by atoms with Crippen LogP contribution in [0, 0.1) is 0 Å². The van der Waals surface area contributed by atoms with Crippen LogP contribution in [0.4, 0.5) is 32.0 Å². The van der Waals surface area contributed by atoms with Crippen molar-refractivity contribution in [1.29, 1.82) is 0 Å². The van der Waals surface area contributed by atoms with Gasteiger partial charge in [0.1, 0.15) is 5.01 Å². The van der Waals surface area contributed by atoms with Gasteiger partial charge in [0.05, 0.1) is 17.9 Å². The molecule has 1 saturated heterocycles. The average molecular weight is 592 g/mol. The maximum atomic E-state index is 10.6. The van der Waals surface area contributed by atoms with E-state index in [4.69, 9.17) is 24.8 Å². The Hall–Kier alpha value is -3.79. The minimum Gasteiger partial charge on any atom is -0.475 e. The molecular weight excluding hydrogens is 568 g/mol. The predicted octanol–water partition coefficient (Wildman–Crippen LogP) is 4.36. The molecule has 0 bridgehead atoms. The van der Waals surface area contributed by atoms with Gasteiger partial charge in [0.25, 0.3) is 0 Å². The second-order valence-electron chi connectivity index (χ2n) is 8.86. The molecule has 5 heterocycles. The van der Waals surface area contributed by atoms with Gasteiger partial charge in [0.15, 0.2) is 0 Å². The summed E-state index contributed by atoms with van der Waals surface area (Å²) < 4.78 is 63.5. The van der Waals surface area contributed by atoms with E-state index in [0.29, 0.717) is 0 Å². The highest BCUT2D eigenvalue weighted by atomic mass is 32.1. The topological polar surface area (TPSA) is 120 Å². The number of aromatic nitrogens is 3. The van der Waals surface area contributed by atoms with E-state index in [2.05, 4.69) is 43.3 Å². The Morgan fingerprint density at radius 1 is 0.925 bits per heavy atom. The number of anilines is 1. The van der Waals surface area contributed by atoms with Crippen molar-refractivity contribution in [3.8, 4) is 0 Å². The predicted molar refractivity (Wildman–Crippen MR) is 131 cm³/mol. The number of halogens is 6. The fourth-order valence-electron chi connectivity index (χ4n) is 4.38. The fourth-order valence-corrected chi connectivity index (χ4v) is 5.03. The van der Waals surface area contributed by atoms with Gasteiger partial charge in [-0.3, -0.25) is 14.9 Å². The molecule has 2 aliphatic rings. The van der Waals surface area contributed by atoms with Crippen molar-refractivity contribution < 1.29 is 46.1 Å². The van der Waals surface area contributed by atoms with Crippen molar-refractivity contribution in [2.24, 2.45) is 0 Å². The van der Waals surface area contributed by atoms with Crippen LogP contribution in [0.2, 0.25) is 0 Å². The number of carboxylic acid groups (broad SMARTS) is 2. The second-order valence-corrected chi connectivity index (χ2v) is 9.84. The number of fused-ring (bicyclic) bond motifs is 2. The Kier molecular flexibility index (Phi) is 9.68. The highest BCUT2D eigenvalue weighted by molar-refractivity contribution is 7.09. The number of carboxylic acids is 2. The summed E-state index contributed by atoms with van der Waals surface area (Å²) in [6.45, 7) is 5.03. The molecule has 40 heavy (non-hydrogen) atoms. The first kappa shape index (κ1) is 30.7. The summed E-state index contributed by atoms with van der Waals surface area (Å²) in [5.74, 6) is -5.51. The zero-order valence-corrected chi connectivity index (χ0v) is 21.4. The maximum Gasteiger partial charge on any atom is 0.490 e. The molecule has 0 saturated carbocycles. The smallest absolute Gasteiger partial charge is 0.475 e. The molecule has 0 aromatic carbocycles. The molecule has 2 N–H and O–H groups in total. The van der Waals surface area contributed by atoms with Crippen LogP contribution in [-0.4, -0.2) is 74.0 Å². The highest BCUT2D eigenvalue weighted by Gasteiger charge is 2.48. The summed E-state index contributed by atoms with van der Waals surface area (Å²) in [6.07, 6.45) is -1.38. The van der Waals surface area contributed by atoms with Gasteiger partial charge in [-0.25, -0.2) is 14.6 Å². The number of thiazole rings is 1. The van der Waals surface area contributed by atoms with E-state index >= 15 is 0 Å². The van der Waals surface area contributed by atoms with Crippen molar-refractivity contribution in [3.63, 3.8) is 0 Å². The van der Waals surface area contributed by atoms with Gasteiger partial charge in [0.2, 0.25) is 0 Å². The standard InChI is InChI=1S/C20H21N5S.2C2HF3O2/c1-3-16(11-21-6-1)12-25-15-20(19-17(25)4-2-7-23-19)5-9-24(14-20)13-18-22-8-10-26-18;2*3-2(4,5)1(6)7/h1-4,6-8,10-11H,5,9,12-15H2;2*(H,6,7). The van der Waals surface area contributed by atoms with E-state index in [0.717, 1.165) is 39.1 Å². The van der Waals surface area contributed by atoms with Crippen LogP contribution in [0.5, 0.6) is 0 Å². The third kappa shape index (κ3) is 8.11. The van der Waals surface area contributed by atoms with E-state index in [9.17, 15) is 26.3 Å². The normalized spacial score (nSPS) is 18.4. The van der Waals surface area contributed by atoms with Crippen LogP contribution in [0.3, 0.4) is 0 Å². The molecule has 0 aliphatic carbocycles. The number of aliphatic carboxylic acids is 2. The first-order valence-corrected chi connectivity index (χ1v) is 12.4. The van der Waals surface area contributed by atoms with Crippen molar-refractivity contribution in [3.05, 3.63) is 70.7 Å².